The van der Waals surface area contributed by atoms with E-state index in [1.54, 1.807) is 0 Å². The molecule has 4 heteroatoms. The third-order valence-electron chi connectivity index (χ3n) is 8.47. The zero-order chi connectivity index (χ0) is 31.8. The van der Waals surface area contributed by atoms with Gasteiger partial charge in [-0.05, 0) is 119 Å². The SMILES string of the molecule is C[Si](C)(C#CC1(C#C[Si](C)(C)Oc2ccccc2)C2=Cc3ccccc3CC2=Cc2cc3ccccc3cc21)Oc1ccccc1. The largest absolute Gasteiger partial charge is 0.532 e. The lowest BCUT2D eigenvalue weighted by molar-refractivity contribution is 0.565. The highest BCUT2D eigenvalue weighted by Gasteiger charge is 2.42. The Morgan fingerprint density at radius 3 is 1.70 bits per heavy atom. The molecule has 2 aliphatic carbocycles. The average molecular weight is 629 g/mol. The van der Waals surface area contributed by atoms with E-state index < -0.39 is 22.0 Å². The van der Waals surface area contributed by atoms with Gasteiger partial charge in [0, 0.05) is 0 Å². The Bertz CT molecular complexity index is 2060. The molecule has 0 N–H and O–H groups in total. The number of fused-ring (bicyclic) bond motifs is 4. The van der Waals surface area contributed by atoms with Crippen LogP contribution in [-0.2, 0) is 11.8 Å². The molecule has 5 aromatic rings. The van der Waals surface area contributed by atoms with E-state index in [4.69, 9.17) is 8.85 Å². The topological polar surface area (TPSA) is 18.5 Å². The standard InChI is InChI=1S/C42H36O2Si2/c1-45(2,43-38-19-7-5-8-20-38)25-23-42(24-26-46(3,4)44-39-21-9-6-10-22-39)40-30-34-17-13-11-15-32(34)27-36(40)29-37-28-33-16-12-14-18-35(33)31-41(37)42/h5-22,27,29-31H,28H2,1-4H3. The number of para-hydroxylation sites is 2. The average Bonchev–Trinajstić information content (AvgIpc) is 3.05. The van der Waals surface area contributed by atoms with E-state index in [0.29, 0.717) is 0 Å². The Balaban J connectivity index is 1.48. The number of allylic oxidation sites excluding steroid dienone is 2. The molecule has 0 aromatic heterocycles. The van der Waals surface area contributed by atoms with Crippen LogP contribution in [0.3, 0.4) is 0 Å². The highest BCUT2D eigenvalue weighted by atomic mass is 28.4. The van der Waals surface area contributed by atoms with Crippen LogP contribution in [0.15, 0.2) is 132 Å². The number of hydrogen-bond donors (Lipinski definition) is 0. The second kappa shape index (κ2) is 11.7. The summed E-state index contributed by atoms with van der Waals surface area (Å²) in [5.74, 6) is 9.40. The van der Waals surface area contributed by atoms with Gasteiger partial charge in [-0.15, -0.1) is 0 Å². The molecule has 2 nitrogen and oxygen atoms in total. The predicted molar refractivity (Wildman–Crippen MR) is 196 cm³/mol. The van der Waals surface area contributed by atoms with Crippen LogP contribution >= 0.6 is 0 Å². The number of benzene rings is 5. The quantitative estimate of drug-likeness (QED) is 0.146. The van der Waals surface area contributed by atoms with E-state index in [2.05, 4.69) is 122 Å². The van der Waals surface area contributed by atoms with Gasteiger partial charge in [0.05, 0.1) is 0 Å². The summed E-state index contributed by atoms with van der Waals surface area (Å²) in [6.07, 6.45) is 5.52. The zero-order valence-electron chi connectivity index (χ0n) is 26.7. The van der Waals surface area contributed by atoms with E-state index in [9.17, 15) is 0 Å². The maximum Gasteiger partial charge on any atom is 0.323 e. The fraction of sp³-hybridized carbons (Fsp3) is 0.143. The molecule has 46 heavy (non-hydrogen) atoms. The molecule has 0 heterocycles. The van der Waals surface area contributed by atoms with Crippen LogP contribution in [0.2, 0.25) is 26.2 Å². The third kappa shape index (κ3) is 5.98. The van der Waals surface area contributed by atoms with E-state index in [-0.39, 0.29) is 0 Å². The lowest BCUT2D eigenvalue weighted by Gasteiger charge is -2.37. The van der Waals surface area contributed by atoms with Crippen molar-refractivity contribution in [1.29, 1.82) is 0 Å². The van der Waals surface area contributed by atoms with Gasteiger partial charge in [0.2, 0.25) is 0 Å². The van der Waals surface area contributed by atoms with E-state index in [0.717, 1.165) is 29.1 Å². The minimum absolute atomic E-state index is 0.835. The highest BCUT2D eigenvalue weighted by molar-refractivity contribution is 6.80. The maximum atomic E-state index is 6.58. The Morgan fingerprint density at radius 2 is 1.09 bits per heavy atom. The van der Waals surface area contributed by atoms with Crippen LogP contribution in [0.5, 0.6) is 11.5 Å². The minimum Gasteiger partial charge on any atom is -0.532 e. The molecular formula is C42H36O2Si2. The van der Waals surface area contributed by atoms with Crippen LogP contribution in [0.4, 0.5) is 0 Å². The van der Waals surface area contributed by atoms with Crippen LogP contribution in [-0.4, -0.2) is 16.6 Å². The summed E-state index contributed by atoms with van der Waals surface area (Å²) in [5, 5.41) is 2.39. The summed E-state index contributed by atoms with van der Waals surface area (Å²) in [6, 6.07) is 41.9. The van der Waals surface area contributed by atoms with Crippen LogP contribution in [0, 0.1) is 22.9 Å². The monoisotopic (exact) mass is 628 g/mol. The molecule has 0 atom stereocenters. The first-order valence-corrected chi connectivity index (χ1v) is 21.6. The van der Waals surface area contributed by atoms with Crippen LogP contribution in [0.25, 0.3) is 22.9 Å². The van der Waals surface area contributed by atoms with Crippen molar-refractivity contribution in [3.63, 3.8) is 0 Å². The Hall–Kier alpha value is -5.01. The summed E-state index contributed by atoms with van der Waals surface area (Å²) in [4.78, 5) is 0. The molecule has 7 rings (SSSR count). The van der Waals surface area contributed by atoms with Crippen molar-refractivity contribution in [2.24, 2.45) is 0 Å². The van der Waals surface area contributed by atoms with Crippen molar-refractivity contribution < 1.29 is 8.85 Å². The number of rotatable bonds is 4. The van der Waals surface area contributed by atoms with Crippen LogP contribution < -0.4 is 8.85 Å². The van der Waals surface area contributed by atoms with Gasteiger partial charge < -0.3 is 8.85 Å². The smallest absolute Gasteiger partial charge is 0.323 e. The maximum absolute atomic E-state index is 6.58. The molecule has 2 aliphatic rings. The van der Waals surface area contributed by atoms with Crippen molar-refractivity contribution in [3.05, 3.63) is 155 Å². The van der Waals surface area contributed by atoms with Gasteiger partial charge in [0.1, 0.15) is 16.9 Å². The zero-order valence-corrected chi connectivity index (χ0v) is 28.7. The Kier molecular flexibility index (Phi) is 7.57. The van der Waals surface area contributed by atoms with Gasteiger partial charge in [-0.3, -0.25) is 0 Å². The van der Waals surface area contributed by atoms with E-state index in [1.165, 1.54) is 33.0 Å². The summed E-state index contributed by atoms with van der Waals surface area (Å²) >= 11 is 0. The molecule has 0 unspecified atom stereocenters. The molecule has 5 aromatic carbocycles. The molecule has 0 fully saturated rings. The molecule has 0 radical (unpaired) electrons. The minimum atomic E-state index is -2.51. The van der Waals surface area contributed by atoms with Crippen molar-refractivity contribution in [1.82, 2.24) is 0 Å². The van der Waals surface area contributed by atoms with Gasteiger partial charge in [0.15, 0.2) is 0 Å². The molecule has 0 spiro atoms. The summed E-state index contributed by atoms with van der Waals surface area (Å²) in [6.45, 7) is 8.65. The van der Waals surface area contributed by atoms with Crippen molar-refractivity contribution in [2.75, 3.05) is 0 Å². The molecule has 0 amide bonds. The highest BCUT2D eigenvalue weighted by Crippen LogP contribution is 2.48. The normalized spacial score (nSPS) is 14.5. The molecule has 224 valence electrons. The predicted octanol–water partition coefficient (Wildman–Crippen LogP) is 9.77. The molecule has 0 saturated heterocycles. The summed E-state index contributed by atoms with van der Waals surface area (Å²) < 4.78 is 13.2. The fourth-order valence-electron chi connectivity index (χ4n) is 6.30. The second-order valence-corrected chi connectivity index (χ2v) is 19.9. The second-order valence-electron chi connectivity index (χ2n) is 13.0. The van der Waals surface area contributed by atoms with E-state index in [1.807, 2.05) is 60.7 Å². The van der Waals surface area contributed by atoms with Gasteiger partial charge in [-0.25, -0.2) is 0 Å². The fourth-order valence-corrected chi connectivity index (χ4v) is 8.83. The van der Waals surface area contributed by atoms with Gasteiger partial charge in [-0.2, -0.15) is 0 Å². The molecule has 0 bridgehead atoms. The van der Waals surface area contributed by atoms with Gasteiger partial charge >= 0.3 is 16.6 Å². The number of hydrogen-bond acceptors (Lipinski definition) is 2. The molecular weight excluding hydrogens is 593 g/mol. The first-order valence-electron chi connectivity index (χ1n) is 15.8. The summed E-state index contributed by atoms with van der Waals surface area (Å²) in [5.41, 5.74) is 13.8. The first kappa shape index (κ1) is 29.7. The first-order chi connectivity index (χ1) is 22.2. The van der Waals surface area contributed by atoms with E-state index >= 15 is 0 Å². The Morgan fingerprint density at radius 1 is 0.565 bits per heavy atom. The molecule has 0 saturated carbocycles. The van der Waals surface area contributed by atoms with Gasteiger partial charge in [-0.1, -0.05) is 114 Å². The lowest BCUT2D eigenvalue weighted by Crippen LogP contribution is -2.38. The lowest BCUT2D eigenvalue weighted by atomic mass is 9.64. The van der Waals surface area contributed by atoms with Gasteiger partial charge in [0.25, 0.3) is 0 Å². The van der Waals surface area contributed by atoms with Crippen LogP contribution in [0.1, 0.15) is 22.3 Å². The van der Waals surface area contributed by atoms with Crippen molar-refractivity contribution >= 4 is 39.6 Å². The van der Waals surface area contributed by atoms with Crippen molar-refractivity contribution in [3.8, 4) is 34.4 Å². The van der Waals surface area contributed by atoms with Crippen molar-refractivity contribution in [2.45, 2.75) is 38.0 Å². The Labute approximate surface area is 274 Å². The summed E-state index contributed by atoms with van der Waals surface area (Å²) in [7, 11) is -5.02. The third-order valence-corrected chi connectivity index (χ3v) is 11.4. The molecule has 0 aliphatic heterocycles.